The molecular formula is C58H44F8O35. The first-order valence-corrected chi connectivity index (χ1v) is 26.4. The second-order valence-corrected chi connectivity index (χ2v) is 17.8. The highest BCUT2D eigenvalue weighted by Crippen LogP contribution is 2.35. The average Bonchev–Trinajstić information content (AvgIpc) is 1.72. The highest BCUT2D eigenvalue weighted by atomic mass is 19.4. The number of ether oxygens (including phenoxy) is 21. The van der Waals surface area contributed by atoms with E-state index in [1.54, 1.807) is 48.5 Å². The highest BCUT2D eigenvalue weighted by Gasteiger charge is 2.59. The molecule has 0 N–H and O–H groups in total. The van der Waals surface area contributed by atoms with Crippen molar-refractivity contribution in [3.63, 3.8) is 0 Å². The minimum Gasteiger partial charge on any atom is -0.466 e. The summed E-state index contributed by atoms with van der Waals surface area (Å²) in [5.74, 6) is 1.34. The van der Waals surface area contributed by atoms with Gasteiger partial charge in [0.05, 0.1) is 21.3 Å². The first kappa shape index (κ1) is 82.1. The standard InChI is InChI=1S/C13H10O5.C11H10O5.C9H6O5.C7H3F3O5.C7H5FO5.C6H5F3O5.C5H5FO5/c1-2-8-16-12(14)11-10(17-13(15)18-11)9-6-4-3-5-7-9;1-14-10(12)9-8(15-11(13)16-9)7-5-3-2-4-6-7;1-3-5-12-8(10)7-6(4-2)13-9(11)14-7;1-2-13-5(11)3-4(7(8,9)10)15-6(12)14-3;1-2-3-11-6(9)4-5(8)13-7(10)12-4;1-12-4(10)2-3(6(7,8)9)14-5(11)13-2;1-9-4(7)2-3(6)11-5(8)10-2/h1,3-7,10-11H,8H2;2-6,8-9H,1H3;1-2,6-7H,5H2;1,3-4H;1,4-5H,3H2;2-3H,1H3;2-3H,1H3. The molecule has 0 bridgehead atoms. The van der Waals surface area contributed by atoms with Crippen LogP contribution in [0.3, 0.4) is 0 Å². The Balaban J connectivity index is 0.000000308. The van der Waals surface area contributed by atoms with Crippen LogP contribution in [0.1, 0.15) is 23.3 Å². The molecule has 7 saturated heterocycles. The molecule has 2 aromatic carbocycles. The Morgan fingerprint density at radius 1 is 0.376 bits per heavy atom. The summed E-state index contributed by atoms with van der Waals surface area (Å²) >= 11 is 0. The van der Waals surface area contributed by atoms with E-state index in [0.29, 0.717) is 11.1 Å². The summed E-state index contributed by atoms with van der Waals surface area (Å²) in [6.07, 6.45) is -15.5. The van der Waals surface area contributed by atoms with E-state index in [4.69, 9.17) is 49.4 Å². The summed E-state index contributed by atoms with van der Waals surface area (Å²) in [6, 6.07) is 17.7. The predicted octanol–water partition coefficient (Wildman–Crippen LogP) is 3.77. The molecule has 35 nitrogen and oxygen atoms in total. The molecule has 0 spiro atoms. The second-order valence-electron chi connectivity index (χ2n) is 17.8. The Kier molecular flexibility index (Phi) is 31.8. The molecule has 0 aromatic heterocycles. The number of esters is 7. The Hall–Kier alpha value is -13.1. The van der Waals surface area contributed by atoms with E-state index in [-0.39, 0.29) is 19.8 Å². The predicted molar refractivity (Wildman–Crippen MR) is 290 cm³/mol. The fraction of sp³-hybridized carbons (Fsp3) is 0.379. The van der Waals surface area contributed by atoms with Gasteiger partial charge in [-0.15, -0.1) is 25.7 Å². The molecule has 14 atom stereocenters. The van der Waals surface area contributed by atoms with Crippen molar-refractivity contribution in [1.29, 1.82) is 0 Å². The molecule has 0 saturated carbocycles. The van der Waals surface area contributed by atoms with Gasteiger partial charge in [-0.2, -0.15) is 35.1 Å². The van der Waals surface area contributed by atoms with Crippen molar-refractivity contribution >= 4 is 84.9 Å². The molecule has 0 aliphatic carbocycles. The van der Waals surface area contributed by atoms with Gasteiger partial charge in [-0.3, -0.25) is 0 Å². The molecule has 101 heavy (non-hydrogen) atoms. The molecule has 7 heterocycles. The minimum atomic E-state index is -4.93. The number of alkyl halides is 8. The molecule has 7 aliphatic rings. The van der Waals surface area contributed by atoms with Crippen molar-refractivity contribution in [2.24, 2.45) is 0 Å². The van der Waals surface area contributed by atoms with Gasteiger partial charge in [0.1, 0.15) is 6.11 Å². The topological polar surface area (TPSA) is 433 Å². The molecule has 9 rings (SSSR count). The normalized spacial score (nSPS) is 24.8. The van der Waals surface area contributed by atoms with E-state index in [2.05, 4.69) is 100.0 Å². The maximum absolute atomic E-state index is 12.6. The van der Waals surface area contributed by atoms with Crippen molar-refractivity contribution < 1.29 is 202 Å². The zero-order chi connectivity index (χ0) is 75.9. The number of terminal acetylenes is 5. The van der Waals surface area contributed by atoms with Gasteiger partial charge in [-0.1, -0.05) is 90.8 Å². The number of halogens is 8. The van der Waals surface area contributed by atoms with E-state index in [1.807, 2.05) is 18.1 Å². The van der Waals surface area contributed by atoms with Crippen LogP contribution >= 0.6 is 0 Å². The lowest BCUT2D eigenvalue weighted by atomic mass is 10.0. The molecule has 7 aliphatic heterocycles. The summed E-state index contributed by atoms with van der Waals surface area (Å²) in [7, 11) is 3.17. The highest BCUT2D eigenvalue weighted by molar-refractivity contribution is 5.85. The summed E-state index contributed by atoms with van der Waals surface area (Å²) in [5, 5.41) is 0. The number of benzene rings is 2. The summed E-state index contributed by atoms with van der Waals surface area (Å²) < 4.78 is 188. The van der Waals surface area contributed by atoms with Gasteiger partial charge < -0.3 is 99.5 Å². The van der Waals surface area contributed by atoms with Gasteiger partial charge in [0.2, 0.25) is 48.8 Å². The van der Waals surface area contributed by atoms with E-state index in [0.717, 1.165) is 14.2 Å². The number of carbonyl (C=O) groups excluding carboxylic acids is 14. The number of hydrogen-bond acceptors (Lipinski definition) is 35. The van der Waals surface area contributed by atoms with Crippen LogP contribution in [-0.4, -0.2) is 212 Å². The van der Waals surface area contributed by atoms with Gasteiger partial charge in [0.15, 0.2) is 32.0 Å². The van der Waals surface area contributed by atoms with Gasteiger partial charge >= 0.3 is 97.2 Å². The maximum atomic E-state index is 12.6. The largest absolute Gasteiger partial charge is 0.512 e. The molecule has 43 heteroatoms. The molecule has 0 radical (unpaired) electrons. The fourth-order valence-corrected chi connectivity index (χ4v) is 7.06. The summed E-state index contributed by atoms with van der Waals surface area (Å²) in [6.45, 7) is -0.682. The van der Waals surface area contributed by atoms with E-state index >= 15 is 0 Å². The lowest BCUT2D eigenvalue weighted by molar-refractivity contribution is -0.208. The zero-order valence-corrected chi connectivity index (χ0v) is 50.7. The minimum absolute atomic E-state index is 0.172. The zero-order valence-electron chi connectivity index (χ0n) is 50.7. The third-order valence-electron chi connectivity index (χ3n) is 11.3. The SMILES string of the molecule is C#CCOC(=O)C1OC(=O)OC1C#C.C#CCOC(=O)C1OC(=O)OC1F.C#CCOC(=O)C1OC(=O)OC1c1ccccc1.C#COC(=O)C1OC(=O)OC1C(F)(F)F.COC(=O)C1OC(=O)OC1C(F)(F)F.COC(=O)C1OC(=O)OC1F.COC(=O)C1OC(=O)OC1c1ccccc1. The molecule has 0 amide bonds. The molecule has 7 fully saturated rings. The van der Waals surface area contributed by atoms with Gasteiger partial charge in [0, 0.05) is 0 Å². The third kappa shape index (κ3) is 25.1. The number of rotatable bonds is 12. The van der Waals surface area contributed by atoms with Crippen molar-refractivity contribution in [2.45, 2.75) is 98.3 Å². The lowest BCUT2D eigenvalue weighted by Gasteiger charge is -2.15. The summed E-state index contributed by atoms with van der Waals surface area (Å²) in [5.41, 5.74) is 1.36. The second kappa shape index (κ2) is 39.2. The van der Waals surface area contributed by atoms with Crippen LogP contribution in [0.25, 0.3) is 0 Å². The monoisotopic (exact) mass is 1450 g/mol. The lowest BCUT2D eigenvalue weighted by Crippen LogP contribution is -2.42. The Bertz CT molecular complexity index is 3550. The van der Waals surface area contributed by atoms with E-state index in [9.17, 15) is 102 Å². The number of carbonyl (C=O) groups is 14. The average molecular weight is 1450 g/mol. The fourth-order valence-electron chi connectivity index (χ4n) is 7.06. The molecule has 14 unspecified atom stereocenters. The van der Waals surface area contributed by atoms with Gasteiger partial charge in [-0.05, 0) is 11.1 Å². The van der Waals surface area contributed by atoms with Crippen LogP contribution in [0.15, 0.2) is 60.7 Å². The van der Waals surface area contributed by atoms with Gasteiger partial charge in [-0.25, -0.2) is 67.1 Å². The molecule has 2 aromatic rings. The van der Waals surface area contributed by atoms with Crippen LogP contribution in [0, 0.1) is 61.9 Å². The first-order valence-electron chi connectivity index (χ1n) is 26.4. The number of methoxy groups -OCH3 is 3. The Morgan fingerprint density at radius 3 is 1.01 bits per heavy atom. The van der Waals surface area contributed by atoms with Crippen LogP contribution in [-0.2, 0) is 133 Å². The summed E-state index contributed by atoms with van der Waals surface area (Å²) in [4.78, 5) is 151. The Labute approximate surface area is 558 Å². The van der Waals surface area contributed by atoms with Crippen molar-refractivity contribution in [3.05, 3.63) is 71.8 Å². The number of cyclic esters (lactones) is 14. The van der Waals surface area contributed by atoms with Crippen molar-refractivity contribution in [1.82, 2.24) is 0 Å². The van der Waals surface area contributed by atoms with Crippen LogP contribution < -0.4 is 0 Å². The van der Waals surface area contributed by atoms with E-state index in [1.165, 1.54) is 13.2 Å². The molecular weight excluding hydrogens is 1410 g/mol. The van der Waals surface area contributed by atoms with Crippen molar-refractivity contribution in [2.75, 3.05) is 41.2 Å². The smallest absolute Gasteiger partial charge is 0.466 e. The van der Waals surface area contributed by atoms with E-state index < -0.39 is 183 Å². The van der Waals surface area contributed by atoms with Crippen LogP contribution in [0.5, 0.6) is 0 Å². The Morgan fingerprint density at radius 2 is 0.663 bits per heavy atom. The first-order chi connectivity index (χ1) is 47.6. The van der Waals surface area contributed by atoms with Crippen LogP contribution in [0.2, 0.25) is 0 Å². The van der Waals surface area contributed by atoms with Crippen LogP contribution in [0.4, 0.5) is 68.7 Å². The van der Waals surface area contributed by atoms with Gasteiger partial charge in [0.25, 0.3) is 24.9 Å². The quantitative estimate of drug-likeness (QED) is 0.126. The molecule has 542 valence electrons. The third-order valence-corrected chi connectivity index (χ3v) is 11.3. The van der Waals surface area contributed by atoms with Crippen molar-refractivity contribution in [3.8, 4) is 61.9 Å². The number of hydrogen-bond donors (Lipinski definition) is 0. The maximum Gasteiger partial charge on any atom is 0.512 e.